The van der Waals surface area contributed by atoms with E-state index in [9.17, 15) is 0 Å². The monoisotopic (exact) mass is 159 g/mol. The van der Waals surface area contributed by atoms with Gasteiger partial charge < -0.3 is 10.3 Å². The molecule has 1 aliphatic carbocycles. The number of nitrogen functional groups attached to an aromatic ring is 1. The van der Waals surface area contributed by atoms with E-state index in [0.29, 0.717) is 12.0 Å². The molecule has 56 valence electrons. The minimum Gasteiger partial charge on any atom is -0.369 e. The van der Waals surface area contributed by atoms with Crippen LogP contribution in [0.5, 0.6) is 0 Å². The molecule has 1 aliphatic rings. The number of anilines is 1. The van der Waals surface area contributed by atoms with E-state index < -0.39 is 0 Å². The smallest absolute Gasteiger partial charge is 0.200 e. The summed E-state index contributed by atoms with van der Waals surface area (Å²) < 4.78 is 2.03. The third kappa shape index (κ3) is 1.09. The number of aromatic nitrogens is 2. The largest absolute Gasteiger partial charge is 0.369 e. The summed E-state index contributed by atoms with van der Waals surface area (Å²) in [5.41, 5.74) is 5.53. The molecule has 2 N–H and O–H groups in total. The van der Waals surface area contributed by atoms with Gasteiger partial charge in [-0.3, -0.25) is 0 Å². The molecule has 0 spiro atoms. The number of imidazole rings is 1. The number of hydrogen-bond acceptors (Lipinski definition) is 2. The maximum atomic E-state index is 5.53. The second kappa shape index (κ2) is 2.50. The van der Waals surface area contributed by atoms with E-state index in [1.54, 1.807) is 6.20 Å². The molecule has 0 amide bonds. The normalized spacial score (nSPS) is 16.4. The molecule has 1 aromatic heterocycles. The Morgan fingerprint density at radius 1 is 1.60 bits per heavy atom. The summed E-state index contributed by atoms with van der Waals surface area (Å²) in [5, 5.41) is 0. The first-order valence-corrected chi connectivity index (χ1v) is 3.16. The van der Waals surface area contributed by atoms with Gasteiger partial charge in [0, 0.05) is 18.4 Å². The van der Waals surface area contributed by atoms with E-state index >= 15 is 0 Å². The number of hydrogen-bond donors (Lipinski definition) is 1. The quantitative estimate of drug-likeness (QED) is 0.670. The second-order valence-corrected chi connectivity index (χ2v) is 2.42. The molecule has 2 rings (SSSR count). The molecule has 0 radical (unpaired) electrons. The number of nitrogens with two attached hydrogens (primary N) is 1. The van der Waals surface area contributed by atoms with Crippen molar-refractivity contribution < 1.29 is 0 Å². The molecule has 3 nitrogen and oxygen atoms in total. The van der Waals surface area contributed by atoms with E-state index in [4.69, 9.17) is 5.73 Å². The first-order chi connectivity index (χ1) is 4.38. The first kappa shape index (κ1) is 7.41. The van der Waals surface area contributed by atoms with Gasteiger partial charge >= 0.3 is 0 Å². The summed E-state index contributed by atoms with van der Waals surface area (Å²) in [6, 6.07) is 0.660. The lowest BCUT2D eigenvalue weighted by atomic mass is 10.7. The third-order valence-electron chi connectivity index (χ3n) is 1.64. The van der Waals surface area contributed by atoms with E-state index in [1.807, 2.05) is 10.8 Å². The van der Waals surface area contributed by atoms with Crippen LogP contribution in [0.25, 0.3) is 0 Å². The fourth-order valence-corrected chi connectivity index (χ4v) is 0.986. The van der Waals surface area contributed by atoms with Gasteiger partial charge in [-0.1, -0.05) is 0 Å². The second-order valence-electron chi connectivity index (χ2n) is 2.42. The van der Waals surface area contributed by atoms with Crippen LogP contribution in [0.2, 0.25) is 0 Å². The minimum absolute atomic E-state index is 0. The third-order valence-corrected chi connectivity index (χ3v) is 1.64. The van der Waals surface area contributed by atoms with Crippen molar-refractivity contribution in [2.24, 2.45) is 0 Å². The summed E-state index contributed by atoms with van der Waals surface area (Å²) in [5.74, 6) is 0.650. The Balaban J connectivity index is 0.000000500. The van der Waals surface area contributed by atoms with E-state index in [2.05, 4.69) is 4.98 Å². The zero-order valence-electron chi connectivity index (χ0n) is 5.53. The minimum atomic E-state index is 0. The van der Waals surface area contributed by atoms with Gasteiger partial charge in [0.1, 0.15) is 0 Å². The van der Waals surface area contributed by atoms with Crippen LogP contribution in [-0.4, -0.2) is 9.55 Å². The molecule has 0 unspecified atom stereocenters. The van der Waals surface area contributed by atoms with Crippen molar-refractivity contribution in [1.29, 1.82) is 0 Å². The van der Waals surface area contributed by atoms with Crippen molar-refractivity contribution in [3.8, 4) is 0 Å². The molecule has 1 aromatic rings. The predicted molar refractivity (Wildman–Crippen MR) is 42.2 cm³/mol. The van der Waals surface area contributed by atoms with Crippen LogP contribution >= 0.6 is 12.4 Å². The van der Waals surface area contributed by atoms with Crippen molar-refractivity contribution >= 4 is 18.4 Å². The van der Waals surface area contributed by atoms with Gasteiger partial charge in [0.25, 0.3) is 0 Å². The molecule has 10 heavy (non-hydrogen) atoms. The van der Waals surface area contributed by atoms with Crippen molar-refractivity contribution in [3.63, 3.8) is 0 Å². The molecule has 1 heterocycles. The Kier molecular flexibility index (Phi) is 1.85. The van der Waals surface area contributed by atoms with E-state index in [1.165, 1.54) is 12.8 Å². The van der Waals surface area contributed by atoms with Gasteiger partial charge in [-0.2, -0.15) is 0 Å². The molecule has 0 aliphatic heterocycles. The van der Waals surface area contributed by atoms with Crippen LogP contribution in [0, 0.1) is 0 Å². The first-order valence-electron chi connectivity index (χ1n) is 3.16. The Morgan fingerprint density at radius 2 is 2.30 bits per heavy atom. The summed E-state index contributed by atoms with van der Waals surface area (Å²) in [7, 11) is 0. The van der Waals surface area contributed by atoms with E-state index in [-0.39, 0.29) is 12.4 Å². The summed E-state index contributed by atoms with van der Waals surface area (Å²) >= 11 is 0. The maximum Gasteiger partial charge on any atom is 0.200 e. The zero-order valence-corrected chi connectivity index (χ0v) is 6.34. The van der Waals surface area contributed by atoms with Crippen molar-refractivity contribution in [2.75, 3.05) is 5.73 Å². The highest BCUT2D eigenvalue weighted by atomic mass is 35.5. The highest BCUT2D eigenvalue weighted by Gasteiger charge is 2.24. The fourth-order valence-electron chi connectivity index (χ4n) is 0.986. The molecule has 4 heteroatoms. The summed E-state index contributed by atoms with van der Waals surface area (Å²) in [6.07, 6.45) is 6.21. The lowest BCUT2D eigenvalue weighted by molar-refractivity contribution is 0.753. The number of rotatable bonds is 1. The average molecular weight is 160 g/mol. The van der Waals surface area contributed by atoms with Gasteiger partial charge in [0.15, 0.2) is 5.95 Å². The SMILES string of the molecule is Cl.Nc1nccn1C1CC1. The summed E-state index contributed by atoms with van der Waals surface area (Å²) in [4.78, 5) is 3.92. The molecular formula is C6H10ClN3. The Morgan fingerprint density at radius 3 is 2.70 bits per heavy atom. The van der Waals surface area contributed by atoms with Crippen molar-refractivity contribution in [3.05, 3.63) is 12.4 Å². The molecule has 0 atom stereocenters. The highest BCUT2D eigenvalue weighted by molar-refractivity contribution is 5.85. The van der Waals surface area contributed by atoms with Gasteiger partial charge in [0.2, 0.25) is 0 Å². The van der Waals surface area contributed by atoms with Crippen LogP contribution in [0.4, 0.5) is 5.95 Å². The van der Waals surface area contributed by atoms with Crippen LogP contribution in [0.3, 0.4) is 0 Å². The predicted octanol–water partition coefficient (Wildman–Crippen LogP) is 1.22. The lowest BCUT2D eigenvalue weighted by Gasteiger charge is -1.97. The Labute approximate surface area is 65.7 Å². The Hall–Kier alpha value is -0.700. The molecule has 0 bridgehead atoms. The standard InChI is InChI=1S/C6H9N3.ClH/c7-6-8-3-4-9(6)5-1-2-5;/h3-5H,1-2H2,(H2,7,8);1H. The van der Waals surface area contributed by atoms with Gasteiger partial charge in [-0.05, 0) is 12.8 Å². The molecule has 1 fully saturated rings. The molecule has 0 aromatic carbocycles. The topological polar surface area (TPSA) is 43.8 Å². The van der Waals surface area contributed by atoms with Crippen LogP contribution < -0.4 is 5.73 Å². The van der Waals surface area contributed by atoms with Crippen LogP contribution in [0.1, 0.15) is 18.9 Å². The molecule has 1 saturated carbocycles. The maximum absolute atomic E-state index is 5.53. The van der Waals surface area contributed by atoms with E-state index in [0.717, 1.165) is 0 Å². The van der Waals surface area contributed by atoms with Gasteiger partial charge in [0.05, 0.1) is 0 Å². The zero-order chi connectivity index (χ0) is 6.27. The fraction of sp³-hybridized carbons (Fsp3) is 0.500. The van der Waals surface area contributed by atoms with Crippen molar-refractivity contribution in [2.45, 2.75) is 18.9 Å². The Bertz CT molecular complexity index is 217. The van der Waals surface area contributed by atoms with Crippen LogP contribution in [0.15, 0.2) is 12.4 Å². The lowest BCUT2D eigenvalue weighted by Crippen LogP contribution is -1.98. The number of halogens is 1. The van der Waals surface area contributed by atoms with Gasteiger partial charge in [-0.25, -0.2) is 4.98 Å². The average Bonchev–Trinajstić information content (AvgIpc) is 2.58. The molecular weight excluding hydrogens is 150 g/mol. The summed E-state index contributed by atoms with van der Waals surface area (Å²) in [6.45, 7) is 0. The highest BCUT2D eigenvalue weighted by Crippen LogP contribution is 2.35. The van der Waals surface area contributed by atoms with Crippen molar-refractivity contribution in [1.82, 2.24) is 9.55 Å². The van der Waals surface area contributed by atoms with Gasteiger partial charge in [-0.15, -0.1) is 12.4 Å². The number of nitrogens with zero attached hydrogens (tertiary/aromatic N) is 2. The van der Waals surface area contributed by atoms with Crippen LogP contribution in [-0.2, 0) is 0 Å². The molecule has 0 saturated heterocycles.